The summed E-state index contributed by atoms with van der Waals surface area (Å²) in [5.74, 6) is -0.0875. The van der Waals surface area contributed by atoms with Gasteiger partial charge in [0.05, 0.1) is 25.4 Å². The number of nitrogens with one attached hydrogen (secondary N) is 1. The van der Waals surface area contributed by atoms with Crippen LogP contribution in [0.2, 0.25) is 0 Å². The van der Waals surface area contributed by atoms with Gasteiger partial charge in [0.2, 0.25) is 5.91 Å². The van der Waals surface area contributed by atoms with E-state index in [4.69, 9.17) is 4.74 Å². The highest BCUT2D eigenvalue weighted by Gasteiger charge is 2.18. The summed E-state index contributed by atoms with van der Waals surface area (Å²) in [6, 6.07) is -0.639. The van der Waals surface area contributed by atoms with Crippen molar-refractivity contribution in [2.45, 2.75) is 328 Å². The van der Waals surface area contributed by atoms with Gasteiger partial charge in [0.15, 0.2) is 0 Å². The second-order valence-electron chi connectivity index (χ2n) is 20.3. The molecule has 394 valence electrons. The summed E-state index contributed by atoms with van der Waals surface area (Å²) in [4.78, 5) is 24.5. The summed E-state index contributed by atoms with van der Waals surface area (Å²) in [6.45, 7) is 4.89. The Hall–Kier alpha value is -1.92. The molecule has 0 aliphatic carbocycles. The molecule has 0 aromatic carbocycles. The van der Waals surface area contributed by atoms with E-state index in [1.807, 2.05) is 6.08 Å². The summed E-state index contributed by atoms with van der Waals surface area (Å²) in [7, 11) is 0. The van der Waals surface area contributed by atoms with Gasteiger partial charge < -0.3 is 20.3 Å². The maximum atomic E-state index is 12.5. The first-order valence-electron chi connectivity index (χ1n) is 29.8. The molecule has 2 atom stereocenters. The minimum atomic E-state index is -0.854. The Morgan fingerprint density at radius 1 is 0.403 bits per heavy atom. The van der Waals surface area contributed by atoms with Crippen molar-refractivity contribution >= 4 is 11.9 Å². The lowest BCUT2D eigenvalue weighted by atomic mass is 10.0. The molecule has 0 bridgehead atoms. The quantitative estimate of drug-likeness (QED) is 0.0321. The van der Waals surface area contributed by atoms with Gasteiger partial charge in [-0.25, -0.2) is 0 Å². The minimum absolute atomic E-state index is 0.00647. The van der Waals surface area contributed by atoms with Crippen molar-refractivity contribution in [1.82, 2.24) is 5.32 Å². The molecule has 2 unspecified atom stereocenters. The van der Waals surface area contributed by atoms with Crippen LogP contribution in [0, 0.1) is 0 Å². The van der Waals surface area contributed by atoms with Crippen LogP contribution in [0.4, 0.5) is 0 Å². The van der Waals surface area contributed by atoms with Crippen LogP contribution in [-0.4, -0.2) is 47.4 Å². The van der Waals surface area contributed by atoms with E-state index in [-0.39, 0.29) is 18.5 Å². The summed E-state index contributed by atoms with van der Waals surface area (Å²) < 4.78 is 5.47. The number of hydrogen-bond acceptors (Lipinski definition) is 5. The van der Waals surface area contributed by atoms with Crippen molar-refractivity contribution in [3.05, 3.63) is 36.5 Å². The normalized spacial score (nSPS) is 12.8. The average Bonchev–Trinajstić information content (AvgIpc) is 3.33. The number of rotatable bonds is 55. The summed E-state index contributed by atoms with van der Waals surface area (Å²) >= 11 is 0. The van der Waals surface area contributed by atoms with Crippen molar-refractivity contribution in [2.75, 3.05) is 13.2 Å². The fourth-order valence-corrected chi connectivity index (χ4v) is 9.03. The van der Waals surface area contributed by atoms with E-state index in [1.165, 1.54) is 225 Å². The molecule has 0 aromatic heterocycles. The first-order chi connectivity index (χ1) is 33.0. The SMILES string of the molecule is CCCCCCC/C=C\CCCCCCCC(=O)OCCCCCCCCCCC/C=C\CCCCCCCC(=O)NC(CO)C(O)/C=C/CCCCCCCCCCCCCCCCCC. The van der Waals surface area contributed by atoms with E-state index in [0.717, 1.165) is 64.2 Å². The third-order valence-electron chi connectivity index (χ3n) is 13.6. The Bertz CT molecular complexity index is 1090. The molecule has 0 radical (unpaired) electrons. The van der Waals surface area contributed by atoms with Crippen molar-refractivity contribution in [2.24, 2.45) is 0 Å². The van der Waals surface area contributed by atoms with Gasteiger partial charge in [-0.2, -0.15) is 0 Å². The number of carbonyl (C=O) groups is 2. The van der Waals surface area contributed by atoms with Gasteiger partial charge in [-0.05, 0) is 83.5 Å². The lowest BCUT2D eigenvalue weighted by Crippen LogP contribution is -2.45. The number of aliphatic hydroxyl groups excluding tert-OH is 2. The molecular weight excluding hydrogens is 827 g/mol. The number of unbranched alkanes of at least 4 members (excludes halogenated alkanes) is 40. The number of carbonyl (C=O) groups excluding carboxylic acids is 2. The summed E-state index contributed by atoms with van der Waals surface area (Å²) in [5, 5.41) is 23.1. The maximum absolute atomic E-state index is 12.5. The fourth-order valence-electron chi connectivity index (χ4n) is 9.03. The van der Waals surface area contributed by atoms with E-state index in [9.17, 15) is 19.8 Å². The molecule has 0 aliphatic heterocycles. The van der Waals surface area contributed by atoms with Crippen molar-refractivity contribution in [3.8, 4) is 0 Å². The van der Waals surface area contributed by atoms with Crippen LogP contribution >= 0.6 is 0 Å². The van der Waals surface area contributed by atoms with Gasteiger partial charge in [0.1, 0.15) is 0 Å². The second kappa shape index (κ2) is 56.7. The number of amides is 1. The molecule has 67 heavy (non-hydrogen) atoms. The molecule has 0 fully saturated rings. The van der Waals surface area contributed by atoms with Gasteiger partial charge in [-0.1, -0.05) is 256 Å². The van der Waals surface area contributed by atoms with Crippen LogP contribution in [0.1, 0.15) is 316 Å². The third kappa shape index (κ3) is 53.3. The predicted octanol–water partition coefficient (Wildman–Crippen LogP) is 18.4. The molecule has 6 nitrogen and oxygen atoms in total. The lowest BCUT2D eigenvalue weighted by Gasteiger charge is -2.20. The van der Waals surface area contributed by atoms with Crippen LogP contribution in [0.25, 0.3) is 0 Å². The van der Waals surface area contributed by atoms with Crippen LogP contribution < -0.4 is 5.32 Å². The van der Waals surface area contributed by atoms with Crippen molar-refractivity contribution < 1.29 is 24.5 Å². The first-order valence-corrected chi connectivity index (χ1v) is 29.8. The number of aliphatic hydroxyl groups is 2. The van der Waals surface area contributed by atoms with Gasteiger partial charge >= 0.3 is 5.97 Å². The zero-order valence-corrected chi connectivity index (χ0v) is 44.9. The van der Waals surface area contributed by atoms with E-state index < -0.39 is 12.1 Å². The summed E-state index contributed by atoms with van der Waals surface area (Å²) in [6.07, 6.45) is 70.2. The molecule has 0 aliphatic rings. The molecule has 3 N–H and O–H groups in total. The van der Waals surface area contributed by atoms with Crippen molar-refractivity contribution in [1.29, 1.82) is 0 Å². The van der Waals surface area contributed by atoms with E-state index in [1.54, 1.807) is 6.08 Å². The largest absolute Gasteiger partial charge is 0.466 e. The number of allylic oxidation sites excluding steroid dienone is 5. The Labute approximate surface area is 417 Å². The van der Waals surface area contributed by atoms with Gasteiger partial charge in [0.25, 0.3) is 0 Å². The molecule has 0 rings (SSSR count). The lowest BCUT2D eigenvalue weighted by molar-refractivity contribution is -0.143. The Kier molecular flexibility index (Phi) is 55.0. The maximum Gasteiger partial charge on any atom is 0.305 e. The Morgan fingerprint density at radius 2 is 0.701 bits per heavy atom. The molecule has 0 saturated carbocycles. The topological polar surface area (TPSA) is 95.9 Å². The van der Waals surface area contributed by atoms with Gasteiger partial charge in [-0.3, -0.25) is 9.59 Å². The van der Waals surface area contributed by atoms with Crippen LogP contribution in [0.5, 0.6) is 0 Å². The average molecular weight is 943 g/mol. The number of esters is 1. The van der Waals surface area contributed by atoms with Gasteiger partial charge in [-0.15, -0.1) is 0 Å². The van der Waals surface area contributed by atoms with E-state index in [0.29, 0.717) is 19.4 Å². The molecule has 0 heterocycles. The summed E-state index contributed by atoms with van der Waals surface area (Å²) in [5.41, 5.74) is 0. The second-order valence-corrected chi connectivity index (χ2v) is 20.3. The first kappa shape index (κ1) is 65.1. The predicted molar refractivity (Wildman–Crippen MR) is 292 cm³/mol. The molecule has 0 saturated heterocycles. The van der Waals surface area contributed by atoms with Crippen molar-refractivity contribution in [3.63, 3.8) is 0 Å². The van der Waals surface area contributed by atoms with Gasteiger partial charge in [0, 0.05) is 12.8 Å². The molecule has 1 amide bonds. The minimum Gasteiger partial charge on any atom is -0.466 e. The molecule has 0 spiro atoms. The zero-order valence-electron chi connectivity index (χ0n) is 44.9. The highest BCUT2D eigenvalue weighted by molar-refractivity contribution is 5.76. The Morgan fingerprint density at radius 3 is 1.06 bits per heavy atom. The van der Waals surface area contributed by atoms with Crippen LogP contribution in [0.15, 0.2) is 36.5 Å². The standard InChI is InChI=1S/C61H115NO5/c1-3-5-7-9-11-13-15-17-19-20-23-26-29-33-37-41-45-49-53-59(64)58(57-63)62-60(65)54-50-46-42-38-34-30-27-24-21-22-25-28-32-36-40-44-48-52-56-67-61(66)55-51-47-43-39-35-31-18-16-14-12-10-8-6-4-2/h16,18,24,27,49,53,58-59,63-64H,3-15,17,19-23,25-26,28-48,50-52,54-57H2,1-2H3,(H,62,65)/b18-16-,27-24-,53-49+. The Balaban J connectivity index is 3.49. The third-order valence-corrected chi connectivity index (χ3v) is 13.6. The zero-order chi connectivity index (χ0) is 48.6. The van der Waals surface area contributed by atoms with E-state index in [2.05, 4.69) is 43.5 Å². The van der Waals surface area contributed by atoms with E-state index >= 15 is 0 Å². The number of hydrogen-bond donors (Lipinski definition) is 3. The number of ether oxygens (including phenoxy) is 1. The van der Waals surface area contributed by atoms with Crippen LogP contribution in [-0.2, 0) is 14.3 Å². The molecular formula is C61H115NO5. The monoisotopic (exact) mass is 942 g/mol. The smallest absolute Gasteiger partial charge is 0.305 e. The highest BCUT2D eigenvalue weighted by atomic mass is 16.5. The highest BCUT2D eigenvalue weighted by Crippen LogP contribution is 2.16. The molecule has 0 aromatic rings. The van der Waals surface area contributed by atoms with Crippen LogP contribution in [0.3, 0.4) is 0 Å². The fraction of sp³-hybridized carbons (Fsp3) is 0.869. The molecule has 6 heteroatoms.